The Labute approximate surface area is 269 Å². The van der Waals surface area contributed by atoms with Crippen molar-refractivity contribution in [3.8, 4) is 17.2 Å². The number of aromatic nitrogens is 1. The van der Waals surface area contributed by atoms with Gasteiger partial charge in [-0.15, -0.1) is 11.3 Å². The van der Waals surface area contributed by atoms with Crippen LogP contribution in [0.25, 0.3) is 10.9 Å². The summed E-state index contributed by atoms with van der Waals surface area (Å²) in [5.74, 6) is -0.747. The normalized spacial score (nSPS) is 12.7. The number of amides is 2. The highest BCUT2D eigenvalue weighted by Crippen LogP contribution is 2.35. The van der Waals surface area contributed by atoms with Gasteiger partial charge in [0.15, 0.2) is 17.2 Å². The summed E-state index contributed by atoms with van der Waals surface area (Å²) in [5, 5.41) is 2.26. The van der Waals surface area contributed by atoms with E-state index >= 15 is 0 Å². The third-order valence-corrected chi connectivity index (χ3v) is 8.95. The Morgan fingerprint density at radius 3 is 2.41 bits per heavy atom. The number of primary amides is 1. The monoisotopic (exact) mass is 636 g/mol. The number of carbonyl (C=O) groups excluding carboxylic acids is 3. The average Bonchev–Trinajstić information content (AvgIpc) is 3.51. The lowest BCUT2D eigenvalue weighted by atomic mass is 9.99. The number of ether oxygens (including phenoxy) is 3. The molecule has 0 saturated heterocycles. The highest BCUT2D eigenvalue weighted by Gasteiger charge is 2.30. The molecule has 3 heterocycles. The second kappa shape index (κ2) is 13.4. The number of esters is 1. The van der Waals surface area contributed by atoms with Crippen molar-refractivity contribution < 1.29 is 28.6 Å². The number of carbonyl (C=O) groups is 3. The van der Waals surface area contributed by atoms with Gasteiger partial charge in [-0.05, 0) is 53.9 Å². The highest BCUT2D eigenvalue weighted by atomic mass is 32.1. The zero-order valence-electron chi connectivity index (χ0n) is 25.4. The van der Waals surface area contributed by atoms with Crippen molar-refractivity contribution in [1.82, 2.24) is 9.88 Å². The summed E-state index contributed by atoms with van der Waals surface area (Å²) in [4.78, 5) is 48.2. The van der Waals surface area contributed by atoms with E-state index in [4.69, 9.17) is 19.9 Å². The van der Waals surface area contributed by atoms with Crippen LogP contribution >= 0.6 is 11.3 Å². The highest BCUT2D eigenvalue weighted by molar-refractivity contribution is 7.12. The van der Waals surface area contributed by atoms with Crippen LogP contribution in [0.4, 0.5) is 5.69 Å². The largest absolute Gasteiger partial charge is 0.493 e. The molecule has 10 nitrogen and oxygen atoms in total. The van der Waals surface area contributed by atoms with Crippen molar-refractivity contribution in [3.05, 3.63) is 112 Å². The second-order valence-corrected chi connectivity index (χ2v) is 11.7. The van der Waals surface area contributed by atoms with E-state index in [9.17, 15) is 14.4 Å². The molecular formula is C35H32N4O6S. The van der Waals surface area contributed by atoms with E-state index in [1.807, 2.05) is 66.7 Å². The number of thiophene rings is 1. The lowest BCUT2D eigenvalue weighted by Crippen LogP contribution is -2.40. The van der Waals surface area contributed by atoms with Crippen molar-refractivity contribution in [1.29, 1.82) is 0 Å². The molecular weight excluding hydrogens is 604 g/mol. The van der Waals surface area contributed by atoms with Crippen LogP contribution in [0.2, 0.25) is 0 Å². The molecule has 1 aliphatic rings. The van der Waals surface area contributed by atoms with E-state index in [-0.39, 0.29) is 21.8 Å². The Morgan fingerprint density at radius 1 is 0.957 bits per heavy atom. The van der Waals surface area contributed by atoms with Gasteiger partial charge in [-0.2, -0.15) is 0 Å². The van der Waals surface area contributed by atoms with Crippen LogP contribution in [0.1, 0.15) is 41.5 Å². The topological polar surface area (TPSA) is 124 Å². The lowest BCUT2D eigenvalue weighted by Gasteiger charge is -2.32. The number of rotatable bonds is 10. The van der Waals surface area contributed by atoms with Gasteiger partial charge in [0.25, 0.3) is 11.8 Å². The summed E-state index contributed by atoms with van der Waals surface area (Å²) < 4.78 is 16.7. The van der Waals surface area contributed by atoms with E-state index in [0.29, 0.717) is 36.8 Å². The van der Waals surface area contributed by atoms with Crippen molar-refractivity contribution >= 4 is 45.7 Å². The molecule has 0 radical (unpaired) electrons. The Balaban J connectivity index is 1.26. The fraction of sp³-hybridized carbons (Fsp3) is 0.200. The molecule has 1 aliphatic heterocycles. The smallest absolute Gasteiger partial charge is 0.345 e. The molecule has 0 bridgehead atoms. The number of pyridine rings is 1. The Morgan fingerprint density at radius 2 is 1.67 bits per heavy atom. The second-order valence-electron chi connectivity index (χ2n) is 10.8. The number of hydrogen-bond donors (Lipinski definition) is 1. The molecule has 6 rings (SSSR count). The van der Waals surface area contributed by atoms with Gasteiger partial charge in [0.1, 0.15) is 4.88 Å². The molecule has 234 valence electrons. The maximum Gasteiger partial charge on any atom is 0.345 e. The van der Waals surface area contributed by atoms with Gasteiger partial charge in [0, 0.05) is 48.8 Å². The van der Waals surface area contributed by atoms with Crippen molar-refractivity contribution in [2.45, 2.75) is 13.0 Å². The number of hydrogen-bond acceptors (Lipinski definition) is 9. The molecule has 0 saturated carbocycles. The van der Waals surface area contributed by atoms with Crippen LogP contribution in [0, 0.1) is 0 Å². The molecule has 11 heteroatoms. The Kier molecular flexibility index (Phi) is 8.95. The Bertz CT molecular complexity index is 1930. The van der Waals surface area contributed by atoms with Crippen LogP contribution in [-0.2, 0) is 13.0 Å². The molecule has 0 unspecified atom stereocenters. The summed E-state index contributed by atoms with van der Waals surface area (Å²) in [6.45, 7) is 2.39. The number of benzene rings is 3. The minimum atomic E-state index is -0.797. The summed E-state index contributed by atoms with van der Waals surface area (Å²) >= 11 is 0.962. The first-order chi connectivity index (χ1) is 22.4. The zero-order valence-corrected chi connectivity index (χ0v) is 26.2. The zero-order chi connectivity index (χ0) is 32.2. The van der Waals surface area contributed by atoms with Gasteiger partial charge in [-0.1, -0.05) is 36.4 Å². The molecule has 2 N–H and O–H groups in total. The third-order valence-electron chi connectivity index (χ3n) is 7.97. The number of anilines is 1. The van der Waals surface area contributed by atoms with E-state index in [1.54, 1.807) is 25.2 Å². The first kappa shape index (κ1) is 30.8. The van der Waals surface area contributed by atoms with Crippen LogP contribution in [0.3, 0.4) is 0 Å². The van der Waals surface area contributed by atoms with E-state index in [2.05, 4.69) is 9.88 Å². The predicted octanol–water partition coefficient (Wildman–Crippen LogP) is 5.34. The summed E-state index contributed by atoms with van der Waals surface area (Å²) in [7, 11) is 3.24. The lowest BCUT2D eigenvalue weighted by molar-refractivity contribution is 0.0731. The van der Waals surface area contributed by atoms with Crippen LogP contribution < -0.4 is 24.8 Å². The molecule has 0 atom stereocenters. The van der Waals surface area contributed by atoms with Gasteiger partial charge in [-0.25, -0.2) is 4.79 Å². The minimum absolute atomic E-state index is 0.0181. The molecule has 46 heavy (non-hydrogen) atoms. The number of nitrogens with zero attached hydrogens (tertiary/aromatic N) is 3. The number of methoxy groups -OCH3 is 2. The molecule has 0 fully saturated rings. The first-order valence-electron chi connectivity index (χ1n) is 14.7. The summed E-state index contributed by atoms with van der Waals surface area (Å²) in [6.07, 6.45) is 2.23. The number of para-hydroxylation sites is 2. The molecule has 2 amide bonds. The standard InChI is InChI=1S/C35H32N4O6S/c1-43-29-17-22-12-13-38(20-25(22)18-30(29)44-2)14-15-39(26-9-4-3-5-10-26)34(41)27-21-46-32(33(36)40)31(27)45-35(42)24-16-23-8-6-7-11-28(23)37-19-24/h3-11,16-19,21H,12-15,20H2,1-2H3,(H2,36,40). The fourth-order valence-electron chi connectivity index (χ4n) is 5.58. The average molecular weight is 637 g/mol. The predicted molar refractivity (Wildman–Crippen MR) is 176 cm³/mol. The number of fused-ring (bicyclic) bond motifs is 2. The van der Waals surface area contributed by atoms with Gasteiger partial charge < -0.3 is 24.8 Å². The first-order valence-corrected chi connectivity index (χ1v) is 15.6. The van der Waals surface area contributed by atoms with Crippen LogP contribution in [0.5, 0.6) is 17.2 Å². The third kappa shape index (κ3) is 6.28. The number of nitrogens with two attached hydrogens (primary N) is 1. The SMILES string of the molecule is COc1cc2c(cc1OC)CN(CCN(C(=O)c1csc(C(N)=O)c1OC(=O)c1cnc3ccccc3c1)c1ccccc1)CC2. The maximum atomic E-state index is 14.2. The quantitative estimate of drug-likeness (QED) is 0.204. The maximum absolute atomic E-state index is 14.2. The van der Waals surface area contributed by atoms with Gasteiger partial charge in [0.2, 0.25) is 0 Å². The van der Waals surface area contributed by atoms with Crippen molar-refractivity contribution in [2.24, 2.45) is 5.73 Å². The summed E-state index contributed by atoms with van der Waals surface area (Å²) in [5.41, 5.74) is 9.64. The summed E-state index contributed by atoms with van der Waals surface area (Å²) in [6, 6.07) is 22.3. The molecule has 0 aliphatic carbocycles. The van der Waals surface area contributed by atoms with Gasteiger partial charge in [-0.3, -0.25) is 19.5 Å². The molecule has 2 aromatic heterocycles. The van der Waals surface area contributed by atoms with Gasteiger partial charge >= 0.3 is 5.97 Å². The molecule has 3 aromatic carbocycles. The van der Waals surface area contributed by atoms with Gasteiger partial charge in [0.05, 0.1) is 30.9 Å². The van der Waals surface area contributed by atoms with E-state index in [1.165, 1.54) is 17.1 Å². The van der Waals surface area contributed by atoms with Crippen molar-refractivity contribution in [2.75, 3.05) is 38.8 Å². The van der Waals surface area contributed by atoms with Crippen LogP contribution in [0.15, 0.2) is 84.4 Å². The minimum Gasteiger partial charge on any atom is -0.493 e. The van der Waals surface area contributed by atoms with Crippen LogP contribution in [-0.4, -0.2) is 61.5 Å². The molecule has 5 aromatic rings. The van der Waals surface area contributed by atoms with E-state index in [0.717, 1.165) is 40.8 Å². The van der Waals surface area contributed by atoms with E-state index < -0.39 is 17.8 Å². The molecule has 0 spiro atoms. The Hall–Kier alpha value is -5.26. The van der Waals surface area contributed by atoms with Crippen molar-refractivity contribution in [3.63, 3.8) is 0 Å². The fourth-order valence-corrected chi connectivity index (χ4v) is 6.39.